The maximum absolute atomic E-state index is 11.2. The second-order valence-corrected chi connectivity index (χ2v) is 4.69. The van der Waals surface area contributed by atoms with Crippen LogP contribution >= 0.6 is 0 Å². The van der Waals surface area contributed by atoms with E-state index in [0.717, 1.165) is 0 Å². The maximum atomic E-state index is 11.2. The zero-order valence-corrected chi connectivity index (χ0v) is 9.91. The number of carbonyl (C=O) groups is 2. The van der Waals surface area contributed by atoms with Crippen LogP contribution in [0.2, 0.25) is 0 Å². The summed E-state index contributed by atoms with van der Waals surface area (Å²) in [5.74, 6) is -0.987. The molecule has 88 valence electrons. The Morgan fingerprint density at radius 3 is 2.20 bits per heavy atom. The second-order valence-electron chi connectivity index (χ2n) is 4.69. The number of hydrogen-bond acceptors (Lipinski definition) is 2. The first-order valence-electron chi connectivity index (χ1n) is 5.06. The third-order valence-electron chi connectivity index (χ3n) is 1.88. The molecule has 0 saturated carbocycles. The van der Waals surface area contributed by atoms with Gasteiger partial charge in [-0.15, -0.1) is 0 Å². The fourth-order valence-corrected chi connectivity index (χ4v) is 1.36. The molecule has 0 saturated heterocycles. The Morgan fingerprint density at radius 1 is 1.33 bits per heavy atom. The van der Waals surface area contributed by atoms with Crippen molar-refractivity contribution in [3.63, 3.8) is 0 Å². The van der Waals surface area contributed by atoms with Gasteiger partial charge in [-0.25, -0.2) is 0 Å². The summed E-state index contributed by atoms with van der Waals surface area (Å²) in [5, 5.41) is 11.4. The highest BCUT2D eigenvalue weighted by atomic mass is 16.4. The first-order valence-corrected chi connectivity index (χ1v) is 5.06. The molecule has 0 rings (SSSR count). The normalized spacial score (nSPS) is 13.3. The SMILES string of the molecule is CCC(=O)N[C@H](CC(=O)O)C[N+](C)(C)C. The number of carboxylic acid groups (broad SMARTS) is 1. The Morgan fingerprint density at radius 2 is 1.87 bits per heavy atom. The Kier molecular flexibility index (Phi) is 5.28. The Bertz CT molecular complexity index is 233. The summed E-state index contributed by atoms with van der Waals surface area (Å²) < 4.78 is 0.627. The van der Waals surface area contributed by atoms with Crippen LogP contribution in [-0.2, 0) is 9.59 Å². The fourth-order valence-electron chi connectivity index (χ4n) is 1.36. The Labute approximate surface area is 90.7 Å². The molecule has 5 heteroatoms. The number of hydrogen-bond donors (Lipinski definition) is 2. The molecule has 0 aliphatic carbocycles. The number of carbonyl (C=O) groups excluding carboxylic acids is 1. The monoisotopic (exact) mass is 217 g/mol. The van der Waals surface area contributed by atoms with Crippen molar-refractivity contribution in [2.75, 3.05) is 27.7 Å². The van der Waals surface area contributed by atoms with Crippen LogP contribution in [0.4, 0.5) is 0 Å². The summed E-state index contributed by atoms with van der Waals surface area (Å²) in [7, 11) is 5.90. The van der Waals surface area contributed by atoms with Crippen LogP contribution in [0.1, 0.15) is 19.8 Å². The van der Waals surface area contributed by atoms with E-state index in [2.05, 4.69) is 5.32 Å². The van der Waals surface area contributed by atoms with Gasteiger partial charge in [0.05, 0.1) is 40.2 Å². The molecule has 1 amide bonds. The zero-order chi connectivity index (χ0) is 12.1. The minimum absolute atomic E-state index is 0.0265. The molecule has 0 unspecified atom stereocenters. The number of likely N-dealkylation sites (N-methyl/N-ethyl adjacent to an activating group) is 1. The van der Waals surface area contributed by atoms with Crippen molar-refractivity contribution >= 4 is 11.9 Å². The first kappa shape index (κ1) is 13.9. The lowest BCUT2D eigenvalue weighted by molar-refractivity contribution is -0.871. The van der Waals surface area contributed by atoms with E-state index in [9.17, 15) is 9.59 Å². The van der Waals surface area contributed by atoms with Gasteiger partial charge in [0.25, 0.3) is 0 Å². The molecule has 0 aromatic rings. The highest BCUT2D eigenvalue weighted by Gasteiger charge is 2.21. The quantitative estimate of drug-likeness (QED) is 0.618. The van der Waals surface area contributed by atoms with Crippen molar-refractivity contribution in [3.05, 3.63) is 0 Å². The fraction of sp³-hybridized carbons (Fsp3) is 0.800. The highest BCUT2D eigenvalue weighted by Crippen LogP contribution is 2.00. The average molecular weight is 217 g/mol. The predicted octanol–water partition coefficient (Wildman–Crippen LogP) is 0.0621. The second kappa shape index (κ2) is 5.70. The lowest BCUT2D eigenvalue weighted by Crippen LogP contribution is -2.49. The van der Waals surface area contributed by atoms with Crippen molar-refractivity contribution in [2.45, 2.75) is 25.8 Å². The first-order chi connectivity index (χ1) is 6.74. The number of nitrogens with zero attached hydrogens (tertiary/aromatic N) is 1. The van der Waals surface area contributed by atoms with E-state index in [1.54, 1.807) is 6.92 Å². The molecule has 1 atom stereocenters. The van der Waals surface area contributed by atoms with Crippen LogP contribution in [-0.4, -0.2) is 55.2 Å². The van der Waals surface area contributed by atoms with Crippen LogP contribution in [0, 0.1) is 0 Å². The van der Waals surface area contributed by atoms with E-state index in [1.807, 2.05) is 21.1 Å². The summed E-state index contributed by atoms with van der Waals surface area (Å²) in [6.07, 6.45) is 0.356. The van der Waals surface area contributed by atoms with Crippen molar-refractivity contribution < 1.29 is 19.2 Å². The van der Waals surface area contributed by atoms with Gasteiger partial charge in [-0.1, -0.05) is 6.92 Å². The lowest BCUT2D eigenvalue weighted by Gasteiger charge is -2.29. The molecule has 0 radical (unpaired) electrons. The van der Waals surface area contributed by atoms with Crippen LogP contribution in [0.5, 0.6) is 0 Å². The number of amides is 1. The molecular weight excluding hydrogens is 196 g/mol. The predicted molar refractivity (Wildman–Crippen MR) is 57.4 cm³/mol. The van der Waals surface area contributed by atoms with Gasteiger partial charge in [-0.3, -0.25) is 9.59 Å². The standard InChI is InChI=1S/C10H20N2O3/c1-5-9(13)11-8(6-10(14)15)7-12(2,3)4/h8H,5-7H2,1-4H3,(H-,11,13,14,15)/p+1/t8-/m1/s1. The number of quaternary nitrogens is 1. The molecule has 0 aromatic heterocycles. The van der Waals surface area contributed by atoms with Gasteiger partial charge in [-0.05, 0) is 0 Å². The molecule has 0 bridgehead atoms. The summed E-state index contributed by atoms with van der Waals surface area (Å²) in [6, 6.07) is -0.296. The van der Waals surface area contributed by atoms with Crippen molar-refractivity contribution in [1.29, 1.82) is 0 Å². The number of carboxylic acids is 1. The van der Waals surface area contributed by atoms with Gasteiger partial charge in [0.1, 0.15) is 0 Å². The molecule has 2 N–H and O–H groups in total. The maximum Gasteiger partial charge on any atom is 0.305 e. The Balaban J connectivity index is 4.31. The minimum Gasteiger partial charge on any atom is -0.481 e. The molecule has 0 heterocycles. The van der Waals surface area contributed by atoms with Crippen LogP contribution in [0.3, 0.4) is 0 Å². The highest BCUT2D eigenvalue weighted by molar-refractivity contribution is 5.77. The van der Waals surface area contributed by atoms with Crippen molar-refractivity contribution in [2.24, 2.45) is 0 Å². The van der Waals surface area contributed by atoms with Crippen molar-refractivity contribution in [3.8, 4) is 0 Å². The molecule has 0 fully saturated rings. The molecule has 0 aliphatic heterocycles. The van der Waals surface area contributed by atoms with Gasteiger partial charge in [-0.2, -0.15) is 0 Å². The molecular formula is C10H21N2O3+. The van der Waals surface area contributed by atoms with E-state index >= 15 is 0 Å². The van der Waals surface area contributed by atoms with E-state index in [-0.39, 0.29) is 18.4 Å². The molecule has 0 spiro atoms. The Hall–Kier alpha value is -1.10. The largest absolute Gasteiger partial charge is 0.481 e. The van der Waals surface area contributed by atoms with E-state index in [4.69, 9.17) is 5.11 Å². The van der Waals surface area contributed by atoms with E-state index in [0.29, 0.717) is 17.4 Å². The summed E-state index contributed by atoms with van der Waals surface area (Å²) in [5.41, 5.74) is 0. The molecule has 5 nitrogen and oxygen atoms in total. The molecule has 15 heavy (non-hydrogen) atoms. The summed E-state index contributed by atoms with van der Waals surface area (Å²) in [6.45, 7) is 2.36. The smallest absolute Gasteiger partial charge is 0.305 e. The van der Waals surface area contributed by atoms with Gasteiger partial charge >= 0.3 is 5.97 Å². The third kappa shape index (κ3) is 7.93. The van der Waals surface area contributed by atoms with Crippen LogP contribution in [0.15, 0.2) is 0 Å². The minimum atomic E-state index is -0.884. The topological polar surface area (TPSA) is 66.4 Å². The number of nitrogens with one attached hydrogen (secondary N) is 1. The molecule has 0 aromatic carbocycles. The van der Waals surface area contributed by atoms with Gasteiger partial charge in [0.15, 0.2) is 0 Å². The summed E-state index contributed by atoms with van der Waals surface area (Å²) in [4.78, 5) is 21.8. The lowest BCUT2D eigenvalue weighted by atomic mass is 10.2. The van der Waals surface area contributed by atoms with Crippen molar-refractivity contribution in [1.82, 2.24) is 5.32 Å². The van der Waals surface area contributed by atoms with E-state index < -0.39 is 5.97 Å². The van der Waals surface area contributed by atoms with E-state index in [1.165, 1.54) is 0 Å². The third-order valence-corrected chi connectivity index (χ3v) is 1.88. The summed E-state index contributed by atoms with van der Waals surface area (Å²) >= 11 is 0. The number of rotatable bonds is 6. The van der Waals surface area contributed by atoms with Gasteiger partial charge < -0.3 is 14.9 Å². The van der Waals surface area contributed by atoms with Gasteiger partial charge in [0, 0.05) is 6.42 Å². The zero-order valence-electron chi connectivity index (χ0n) is 9.91. The average Bonchev–Trinajstić information content (AvgIpc) is 1.99. The van der Waals surface area contributed by atoms with Gasteiger partial charge in [0.2, 0.25) is 5.91 Å². The van der Waals surface area contributed by atoms with Crippen LogP contribution in [0.25, 0.3) is 0 Å². The molecule has 0 aliphatic rings. The van der Waals surface area contributed by atoms with Crippen LogP contribution < -0.4 is 5.32 Å². The number of aliphatic carboxylic acids is 1.